The lowest BCUT2D eigenvalue weighted by molar-refractivity contribution is -0.142. The number of ether oxygens (including phenoxy) is 3. The number of hydrogen-bond acceptors (Lipinski definition) is 7. The van der Waals surface area contributed by atoms with E-state index in [0.29, 0.717) is 30.9 Å². The van der Waals surface area contributed by atoms with Gasteiger partial charge in [-0.3, -0.25) is 14.9 Å². The lowest BCUT2D eigenvalue weighted by Gasteiger charge is -2.11. The highest BCUT2D eigenvalue weighted by Gasteiger charge is 2.13. The van der Waals surface area contributed by atoms with E-state index in [1.165, 1.54) is 6.92 Å². The predicted octanol–water partition coefficient (Wildman–Crippen LogP) is 3.01. The number of amides is 1. The quantitative estimate of drug-likeness (QED) is 0.530. The molecule has 0 saturated heterocycles. The fourth-order valence-electron chi connectivity index (χ4n) is 2.02. The lowest BCUT2D eigenvalue weighted by Crippen LogP contribution is -2.13. The highest BCUT2D eigenvalue weighted by molar-refractivity contribution is 7.14. The average Bonchev–Trinajstić information content (AvgIpc) is 3.01. The first-order chi connectivity index (χ1) is 12.5. The molecule has 140 valence electrons. The number of halogens is 1. The third kappa shape index (κ3) is 6.41. The first-order valence-corrected chi connectivity index (χ1v) is 8.61. The fraction of sp³-hybridized carbons (Fsp3) is 0.353. The standard InChI is InChI=1S/C17H19FN2O5S/c1-11(21)25-10-12-6-13(8-14(7-12)24-5-3-4-23-2)16(22)20-17-19-9-15(18)26-17/h6-9H,3-5,10H2,1-2H3,(H,19,20,22). The van der Waals surface area contributed by atoms with Crippen LogP contribution in [0.4, 0.5) is 9.52 Å². The molecule has 1 aromatic carbocycles. The summed E-state index contributed by atoms with van der Waals surface area (Å²) in [5, 5.41) is 2.18. The van der Waals surface area contributed by atoms with Gasteiger partial charge in [0.05, 0.1) is 12.8 Å². The molecule has 26 heavy (non-hydrogen) atoms. The molecule has 0 aliphatic rings. The van der Waals surface area contributed by atoms with Crippen LogP contribution in [0.1, 0.15) is 29.3 Å². The van der Waals surface area contributed by atoms with Crippen LogP contribution in [-0.4, -0.2) is 37.2 Å². The molecule has 1 heterocycles. The average molecular weight is 382 g/mol. The molecule has 2 aromatic rings. The summed E-state index contributed by atoms with van der Waals surface area (Å²) >= 11 is 0.728. The number of esters is 1. The van der Waals surface area contributed by atoms with E-state index in [-0.39, 0.29) is 17.3 Å². The van der Waals surface area contributed by atoms with Crippen molar-refractivity contribution in [2.75, 3.05) is 25.6 Å². The molecular weight excluding hydrogens is 363 g/mol. The second-order valence-electron chi connectivity index (χ2n) is 5.26. The zero-order chi connectivity index (χ0) is 18.9. The Kier molecular flexibility index (Phi) is 7.49. The summed E-state index contributed by atoms with van der Waals surface area (Å²) in [6.45, 7) is 2.27. The van der Waals surface area contributed by atoms with Gasteiger partial charge < -0.3 is 14.2 Å². The number of carbonyl (C=O) groups excluding carboxylic acids is 2. The minimum Gasteiger partial charge on any atom is -0.493 e. The number of rotatable bonds is 9. The van der Waals surface area contributed by atoms with Gasteiger partial charge in [0, 0.05) is 32.6 Å². The number of nitrogens with one attached hydrogen (secondary N) is 1. The van der Waals surface area contributed by atoms with Crippen LogP contribution in [-0.2, 0) is 20.9 Å². The van der Waals surface area contributed by atoms with Crippen LogP contribution in [0.3, 0.4) is 0 Å². The zero-order valence-electron chi connectivity index (χ0n) is 14.4. The van der Waals surface area contributed by atoms with Crippen molar-refractivity contribution >= 4 is 28.3 Å². The second-order valence-corrected chi connectivity index (χ2v) is 6.25. The van der Waals surface area contributed by atoms with Gasteiger partial charge in [-0.25, -0.2) is 4.98 Å². The van der Waals surface area contributed by atoms with Crippen molar-refractivity contribution < 1.29 is 28.2 Å². The van der Waals surface area contributed by atoms with Gasteiger partial charge >= 0.3 is 5.97 Å². The number of benzene rings is 1. The maximum atomic E-state index is 13.0. The third-order valence-electron chi connectivity index (χ3n) is 3.13. The molecule has 2 rings (SSSR count). The molecule has 0 fully saturated rings. The van der Waals surface area contributed by atoms with E-state index >= 15 is 0 Å². The Labute approximate surface area is 154 Å². The number of anilines is 1. The Morgan fingerprint density at radius 1 is 1.27 bits per heavy atom. The van der Waals surface area contributed by atoms with Crippen LogP contribution in [0.15, 0.2) is 24.4 Å². The number of hydrogen-bond donors (Lipinski definition) is 1. The second kappa shape index (κ2) is 9.83. The molecule has 0 saturated carbocycles. The Hall–Kier alpha value is -2.52. The lowest BCUT2D eigenvalue weighted by atomic mass is 10.1. The summed E-state index contributed by atoms with van der Waals surface area (Å²) in [6, 6.07) is 4.82. The molecule has 1 aromatic heterocycles. The van der Waals surface area contributed by atoms with Crippen molar-refractivity contribution in [2.45, 2.75) is 20.0 Å². The number of nitrogens with zero attached hydrogens (tertiary/aromatic N) is 1. The van der Waals surface area contributed by atoms with Crippen molar-refractivity contribution in [3.63, 3.8) is 0 Å². The minimum absolute atomic E-state index is 0.0107. The summed E-state index contributed by atoms with van der Waals surface area (Å²) in [4.78, 5) is 27.2. The van der Waals surface area contributed by atoms with Crippen molar-refractivity contribution in [3.8, 4) is 5.75 Å². The highest BCUT2D eigenvalue weighted by atomic mass is 32.1. The van der Waals surface area contributed by atoms with Crippen LogP contribution >= 0.6 is 11.3 Å². The summed E-state index contributed by atoms with van der Waals surface area (Å²) in [6.07, 6.45) is 1.71. The van der Waals surface area contributed by atoms with E-state index in [4.69, 9.17) is 14.2 Å². The predicted molar refractivity (Wildman–Crippen MR) is 93.9 cm³/mol. The highest BCUT2D eigenvalue weighted by Crippen LogP contribution is 2.21. The summed E-state index contributed by atoms with van der Waals surface area (Å²) in [5.41, 5.74) is 0.881. The van der Waals surface area contributed by atoms with E-state index < -0.39 is 17.0 Å². The summed E-state index contributed by atoms with van der Waals surface area (Å²) in [7, 11) is 1.60. The van der Waals surface area contributed by atoms with Crippen LogP contribution in [0.25, 0.3) is 0 Å². The van der Waals surface area contributed by atoms with Gasteiger partial charge in [0.25, 0.3) is 5.91 Å². The number of aromatic nitrogens is 1. The van der Waals surface area contributed by atoms with Crippen molar-refractivity contribution in [1.29, 1.82) is 0 Å². The van der Waals surface area contributed by atoms with Crippen LogP contribution in [0.2, 0.25) is 0 Å². The molecule has 0 atom stereocenters. The van der Waals surface area contributed by atoms with Crippen molar-refractivity contribution in [3.05, 3.63) is 40.7 Å². The zero-order valence-corrected chi connectivity index (χ0v) is 15.2. The van der Waals surface area contributed by atoms with Crippen LogP contribution in [0, 0.1) is 5.13 Å². The van der Waals surface area contributed by atoms with E-state index in [1.807, 2.05) is 0 Å². The van der Waals surface area contributed by atoms with Crippen molar-refractivity contribution in [1.82, 2.24) is 4.98 Å². The molecule has 0 aliphatic carbocycles. The van der Waals surface area contributed by atoms with E-state index in [9.17, 15) is 14.0 Å². The molecule has 0 bridgehead atoms. The van der Waals surface area contributed by atoms with Crippen LogP contribution < -0.4 is 10.1 Å². The summed E-state index contributed by atoms with van der Waals surface area (Å²) < 4.78 is 28.6. The van der Waals surface area contributed by atoms with Gasteiger partial charge in [0.15, 0.2) is 10.3 Å². The van der Waals surface area contributed by atoms with E-state index in [2.05, 4.69) is 10.3 Å². The smallest absolute Gasteiger partial charge is 0.302 e. The molecule has 0 spiro atoms. The van der Waals surface area contributed by atoms with Crippen molar-refractivity contribution in [2.24, 2.45) is 0 Å². The van der Waals surface area contributed by atoms with Crippen LogP contribution in [0.5, 0.6) is 5.75 Å². The molecule has 1 N–H and O–H groups in total. The topological polar surface area (TPSA) is 86.8 Å². The molecule has 0 aliphatic heterocycles. The Morgan fingerprint density at radius 3 is 2.73 bits per heavy atom. The van der Waals surface area contributed by atoms with E-state index in [1.54, 1.807) is 25.3 Å². The normalized spacial score (nSPS) is 10.4. The maximum absolute atomic E-state index is 13.0. The number of methoxy groups -OCH3 is 1. The molecule has 1 amide bonds. The Morgan fingerprint density at radius 2 is 2.08 bits per heavy atom. The fourth-order valence-corrected chi connectivity index (χ4v) is 2.56. The number of thiazole rings is 1. The maximum Gasteiger partial charge on any atom is 0.302 e. The van der Waals surface area contributed by atoms with Gasteiger partial charge in [-0.2, -0.15) is 4.39 Å². The first-order valence-electron chi connectivity index (χ1n) is 7.79. The van der Waals surface area contributed by atoms with Gasteiger partial charge in [-0.05, 0) is 23.8 Å². The van der Waals surface area contributed by atoms with Gasteiger partial charge in [-0.1, -0.05) is 11.3 Å². The van der Waals surface area contributed by atoms with Gasteiger partial charge in [0.2, 0.25) is 0 Å². The summed E-state index contributed by atoms with van der Waals surface area (Å²) in [5.74, 6) is -0.437. The van der Waals surface area contributed by atoms with Gasteiger partial charge in [-0.15, -0.1) is 0 Å². The molecule has 0 radical (unpaired) electrons. The number of carbonyl (C=O) groups is 2. The largest absolute Gasteiger partial charge is 0.493 e. The molecule has 7 nitrogen and oxygen atoms in total. The monoisotopic (exact) mass is 382 g/mol. The van der Waals surface area contributed by atoms with E-state index in [0.717, 1.165) is 17.5 Å². The molecule has 9 heteroatoms. The Balaban J connectivity index is 2.14. The van der Waals surface area contributed by atoms with Gasteiger partial charge in [0.1, 0.15) is 12.4 Å². The molecular formula is C17H19FN2O5S. The Bertz CT molecular complexity index is 765. The SMILES string of the molecule is COCCCOc1cc(COC(C)=O)cc(C(=O)Nc2ncc(F)s2)c1. The first kappa shape index (κ1) is 19.8. The third-order valence-corrected chi connectivity index (χ3v) is 3.83. The molecule has 0 unspecified atom stereocenters. The minimum atomic E-state index is -0.494.